The molecule has 0 unspecified atom stereocenters. The van der Waals surface area contributed by atoms with Crippen molar-refractivity contribution >= 4 is 17.5 Å². The Kier molecular flexibility index (Phi) is 7.27. The first-order chi connectivity index (χ1) is 13.1. The molecule has 3 rings (SSSR count). The van der Waals surface area contributed by atoms with E-state index in [0.717, 1.165) is 37.7 Å². The monoisotopic (exact) mass is 387 g/mol. The van der Waals surface area contributed by atoms with E-state index in [2.05, 4.69) is 36.5 Å². The quantitative estimate of drug-likeness (QED) is 0.637. The fourth-order valence-corrected chi connectivity index (χ4v) is 3.92. The van der Waals surface area contributed by atoms with Crippen LogP contribution in [0.1, 0.15) is 24.0 Å². The predicted molar refractivity (Wildman–Crippen MR) is 109 cm³/mol. The lowest BCUT2D eigenvalue weighted by Crippen LogP contribution is -3.28. The average Bonchev–Trinajstić information content (AvgIpc) is 2.68. The molecule has 5 heteroatoms. The Morgan fingerprint density at radius 1 is 1.04 bits per heavy atom. The fraction of sp³-hybridized carbons (Fsp3) is 0.409. The van der Waals surface area contributed by atoms with Crippen molar-refractivity contribution in [3.63, 3.8) is 0 Å². The van der Waals surface area contributed by atoms with Crippen LogP contribution in [-0.2, 0) is 11.3 Å². The van der Waals surface area contributed by atoms with Crippen LogP contribution in [0.4, 0.5) is 0 Å². The van der Waals surface area contributed by atoms with Gasteiger partial charge in [-0.1, -0.05) is 61.0 Å². The van der Waals surface area contributed by atoms with E-state index in [9.17, 15) is 4.79 Å². The van der Waals surface area contributed by atoms with Crippen LogP contribution in [0.3, 0.4) is 0 Å². The van der Waals surface area contributed by atoms with Gasteiger partial charge in [0.1, 0.15) is 32.7 Å². The molecule has 1 atom stereocenters. The van der Waals surface area contributed by atoms with E-state index in [1.54, 1.807) is 4.90 Å². The molecule has 27 heavy (non-hydrogen) atoms. The van der Waals surface area contributed by atoms with Crippen molar-refractivity contribution in [3.05, 3.63) is 70.7 Å². The van der Waals surface area contributed by atoms with E-state index in [0.29, 0.717) is 19.0 Å². The van der Waals surface area contributed by atoms with E-state index in [-0.39, 0.29) is 5.91 Å². The second-order valence-corrected chi connectivity index (χ2v) is 8.04. The van der Waals surface area contributed by atoms with Gasteiger partial charge in [-0.25, -0.2) is 0 Å². The largest absolute Gasteiger partial charge is 0.351 e. The van der Waals surface area contributed by atoms with Crippen LogP contribution < -0.4 is 15.1 Å². The number of benzene rings is 2. The zero-order valence-electron chi connectivity index (χ0n) is 16.0. The lowest BCUT2D eigenvalue weighted by molar-refractivity contribution is -1.02. The lowest BCUT2D eigenvalue weighted by atomic mass is 10.0. The summed E-state index contributed by atoms with van der Waals surface area (Å²) in [7, 11) is 0. The molecule has 4 nitrogen and oxygen atoms in total. The van der Waals surface area contributed by atoms with Gasteiger partial charge in [0, 0.05) is 17.1 Å². The molecule has 1 heterocycles. The Labute approximate surface area is 167 Å². The van der Waals surface area contributed by atoms with Crippen LogP contribution in [-0.4, -0.2) is 45.2 Å². The molecule has 0 aromatic heterocycles. The van der Waals surface area contributed by atoms with E-state index in [1.165, 1.54) is 16.0 Å². The Bertz CT molecular complexity index is 729. The maximum Gasteiger partial charge on any atom is 0.275 e. The zero-order valence-corrected chi connectivity index (χ0v) is 16.8. The van der Waals surface area contributed by atoms with Crippen molar-refractivity contribution in [1.82, 2.24) is 5.32 Å². The van der Waals surface area contributed by atoms with Crippen LogP contribution in [0.5, 0.6) is 0 Å². The molecule has 0 spiro atoms. The molecule has 0 saturated carbocycles. The number of rotatable bonds is 7. The molecular weight excluding hydrogens is 358 g/mol. The zero-order chi connectivity index (χ0) is 19.1. The van der Waals surface area contributed by atoms with Gasteiger partial charge in [-0.15, -0.1) is 0 Å². The number of halogens is 1. The summed E-state index contributed by atoms with van der Waals surface area (Å²) < 4.78 is 0. The minimum atomic E-state index is 0.158. The van der Waals surface area contributed by atoms with Crippen molar-refractivity contribution in [2.75, 3.05) is 39.3 Å². The third kappa shape index (κ3) is 6.35. The number of nitrogens with one attached hydrogen (secondary N) is 3. The van der Waals surface area contributed by atoms with Crippen molar-refractivity contribution < 1.29 is 14.6 Å². The molecule has 144 valence electrons. The van der Waals surface area contributed by atoms with Crippen LogP contribution in [0.2, 0.25) is 5.02 Å². The first-order valence-electron chi connectivity index (χ1n) is 9.83. The van der Waals surface area contributed by atoms with Crippen LogP contribution >= 0.6 is 11.6 Å². The van der Waals surface area contributed by atoms with E-state index in [4.69, 9.17) is 11.6 Å². The van der Waals surface area contributed by atoms with Crippen LogP contribution in [0, 0.1) is 0 Å². The number of hydrogen-bond acceptors (Lipinski definition) is 1. The van der Waals surface area contributed by atoms with Gasteiger partial charge in [-0.05, 0) is 23.6 Å². The minimum absolute atomic E-state index is 0.158. The first kappa shape index (κ1) is 19.9. The summed E-state index contributed by atoms with van der Waals surface area (Å²) in [5.74, 6) is 0.496. The van der Waals surface area contributed by atoms with Crippen molar-refractivity contribution in [2.45, 2.75) is 19.4 Å². The first-order valence-corrected chi connectivity index (χ1v) is 10.2. The highest BCUT2D eigenvalue weighted by Gasteiger charge is 2.25. The van der Waals surface area contributed by atoms with Gasteiger partial charge in [0.05, 0.1) is 0 Å². The maximum atomic E-state index is 12.3. The second-order valence-electron chi connectivity index (χ2n) is 7.60. The molecule has 0 radical (unpaired) electrons. The number of carbonyl (C=O) groups is 1. The molecule has 2 aromatic rings. The van der Waals surface area contributed by atoms with Crippen LogP contribution in [0.15, 0.2) is 54.6 Å². The van der Waals surface area contributed by atoms with Gasteiger partial charge in [0.2, 0.25) is 0 Å². The Morgan fingerprint density at radius 3 is 2.44 bits per heavy atom. The molecule has 1 aliphatic heterocycles. The number of amides is 1. The van der Waals surface area contributed by atoms with Gasteiger partial charge >= 0.3 is 0 Å². The Balaban J connectivity index is 1.36. The third-order valence-corrected chi connectivity index (χ3v) is 5.63. The molecule has 2 aromatic carbocycles. The molecule has 1 aliphatic rings. The molecule has 0 bridgehead atoms. The molecule has 0 aliphatic carbocycles. The summed E-state index contributed by atoms with van der Waals surface area (Å²) in [6, 6.07) is 18.5. The number of hydrogen-bond donors (Lipinski definition) is 3. The highest BCUT2D eigenvalue weighted by atomic mass is 35.5. The highest BCUT2D eigenvalue weighted by Crippen LogP contribution is 2.12. The van der Waals surface area contributed by atoms with E-state index in [1.807, 2.05) is 30.3 Å². The predicted octanol–water partition coefficient (Wildman–Crippen LogP) is 0.543. The topological polar surface area (TPSA) is 38.0 Å². The van der Waals surface area contributed by atoms with Crippen molar-refractivity contribution in [2.24, 2.45) is 0 Å². The van der Waals surface area contributed by atoms with Crippen molar-refractivity contribution in [1.29, 1.82) is 0 Å². The van der Waals surface area contributed by atoms with Gasteiger partial charge in [0.25, 0.3) is 5.91 Å². The molecule has 3 N–H and O–H groups in total. The number of quaternary nitrogens is 2. The minimum Gasteiger partial charge on any atom is -0.351 e. The molecule has 1 amide bonds. The smallest absolute Gasteiger partial charge is 0.275 e. The number of carbonyl (C=O) groups excluding carboxylic acids is 1. The van der Waals surface area contributed by atoms with Gasteiger partial charge in [-0.3, -0.25) is 4.79 Å². The summed E-state index contributed by atoms with van der Waals surface area (Å²) in [5.41, 5.74) is 2.55. The average molecular weight is 388 g/mol. The summed E-state index contributed by atoms with van der Waals surface area (Å²) in [6.07, 6.45) is 0. The van der Waals surface area contributed by atoms with Crippen molar-refractivity contribution in [3.8, 4) is 0 Å². The summed E-state index contributed by atoms with van der Waals surface area (Å²) in [6.45, 7) is 8.70. The Hall–Kier alpha value is -1.88. The lowest BCUT2D eigenvalue weighted by Gasteiger charge is -2.29. The highest BCUT2D eigenvalue weighted by molar-refractivity contribution is 6.30. The normalized spacial score (nSPS) is 20.8. The van der Waals surface area contributed by atoms with Gasteiger partial charge in [-0.2, -0.15) is 0 Å². The maximum absolute atomic E-state index is 12.3. The van der Waals surface area contributed by atoms with Gasteiger partial charge < -0.3 is 15.1 Å². The molecule has 1 fully saturated rings. The Morgan fingerprint density at radius 2 is 1.74 bits per heavy atom. The summed E-state index contributed by atoms with van der Waals surface area (Å²) >= 11 is 6.08. The summed E-state index contributed by atoms with van der Waals surface area (Å²) in [5, 5.41) is 3.91. The molecular formula is C22H30ClN3O+2. The van der Waals surface area contributed by atoms with Gasteiger partial charge in [0.15, 0.2) is 6.54 Å². The van der Waals surface area contributed by atoms with E-state index < -0.39 is 0 Å². The van der Waals surface area contributed by atoms with Crippen LogP contribution in [0.25, 0.3) is 0 Å². The third-order valence-electron chi connectivity index (χ3n) is 5.39. The standard InChI is InChI=1S/C22H28ClN3O/c1-18(20-7-3-2-4-8-20)15-24-22(27)17-26-12-10-25(11-13-26)16-19-6-5-9-21(23)14-19/h2-9,14,18H,10-13,15-17H2,1H3,(H,24,27)/p+2/t18-/m0/s1. The van der Waals surface area contributed by atoms with E-state index >= 15 is 0 Å². The number of piperazine rings is 1. The second kappa shape index (κ2) is 9.88. The molecule has 1 saturated heterocycles. The summed E-state index contributed by atoms with van der Waals surface area (Å²) in [4.78, 5) is 15.3. The SMILES string of the molecule is C[C@@H](CNC(=O)C[NH+]1CC[NH+](Cc2cccc(Cl)c2)CC1)c1ccccc1. The fourth-order valence-electron chi connectivity index (χ4n) is 3.70.